The second-order valence-corrected chi connectivity index (χ2v) is 6.09. The van der Waals surface area contributed by atoms with Gasteiger partial charge in [-0.05, 0) is 37.3 Å². The smallest absolute Gasteiger partial charge is 0.269 e. The first-order valence-electron chi connectivity index (χ1n) is 8.01. The lowest BCUT2D eigenvalue weighted by Gasteiger charge is -2.15. The summed E-state index contributed by atoms with van der Waals surface area (Å²) >= 11 is 5.96. The van der Waals surface area contributed by atoms with E-state index in [0.717, 1.165) is 0 Å². The molecule has 2 aromatic carbocycles. The quantitative estimate of drug-likeness (QED) is 0.689. The lowest BCUT2D eigenvalue weighted by Crippen LogP contribution is -2.51. The van der Waals surface area contributed by atoms with Crippen molar-refractivity contribution in [2.75, 3.05) is 6.79 Å². The summed E-state index contributed by atoms with van der Waals surface area (Å²) in [7, 11) is 0. The first-order valence-corrected chi connectivity index (χ1v) is 8.39. The molecule has 0 aromatic heterocycles. The molecule has 0 saturated heterocycles. The number of rotatable bonds is 4. The van der Waals surface area contributed by atoms with Gasteiger partial charge in [0.15, 0.2) is 11.5 Å². The third-order valence-corrected chi connectivity index (χ3v) is 4.12. The molecule has 27 heavy (non-hydrogen) atoms. The number of fused-ring (bicyclic) bond motifs is 1. The van der Waals surface area contributed by atoms with Crippen LogP contribution in [0.2, 0.25) is 5.02 Å². The lowest BCUT2D eigenvalue weighted by molar-refractivity contribution is -0.123. The van der Waals surface area contributed by atoms with Crippen LogP contribution in [0, 0.1) is 0 Å². The largest absolute Gasteiger partial charge is 0.454 e. The summed E-state index contributed by atoms with van der Waals surface area (Å²) in [6, 6.07) is 10.2. The highest BCUT2D eigenvalue weighted by molar-refractivity contribution is 6.33. The number of carbonyl (C=O) groups excluding carboxylic acids is 3. The molecule has 1 heterocycles. The zero-order valence-corrected chi connectivity index (χ0v) is 15.0. The van der Waals surface area contributed by atoms with Gasteiger partial charge < -0.3 is 14.8 Å². The number of benzene rings is 2. The van der Waals surface area contributed by atoms with Crippen molar-refractivity contribution in [1.82, 2.24) is 16.2 Å². The van der Waals surface area contributed by atoms with E-state index in [1.807, 2.05) is 0 Å². The first kappa shape index (κ1) is 18.5. The fourth-order valence-corrected chi connectivity index (χ4v) is 2.54. The van der Waals surface area contributed by atoms with Crippen LogP contribution in [-0.2, 0) is 4.79 Å². The van der Waals surface area contributed by atoms with Gasteiger partial charge in [0, 0.05) is 5.56 Å². The second-order valence-electron chi connectivity index (χ2n) is 5.69. The maximum absolute atomic E-state index is 12.2. The van der Waals surface area contributed by atoms with Crippen molar-refractivity contribution >= 4 is 29.3 Å². The molecule has 0 fully saturated rings. The van der Waals surface area contributed by atoms with Crippen molar-refractivity contribution < 1.29 is 23.9 Å². The molecule has 8 nitrogen and oxygen atoms in total. The second kappa shape index (κ2) is 7.96. The van der Waals surface area contributed by atoms with Crippen molar-refractivity contribution in [2.45, 2.75) is 13.0 Å². The Morgan fingerprint density at radius 2 is 1.74 bits per heavy atom. The summed E-state index contributed by atoms with van der Waals surface area (Å²) in [5.41, 5.74) is 5.08. The summed E-state index contributed by atoms with van der Waals surface area (Å²) in [5, 5.41) is 2.79. The topological polar surface area (TPSA) is 106 Å². The Morgan fingerprint density at radius 1 is 1.00 bits per heavy atom. The zero-order valence-electron chi connectivity index (χ0n) is 14.2. The molecule has 1 aliphatic heterocycles. The summed E-state index contributed by atoms with van der Waals surface area (Å²) in [6.07, 6.45) is 0. The fourth-order valence-electron chi connectivity index (χ4n) is 2.32. The molecule has 0 bridgehead atoms. The standard InChI is InChI=1S/C18H16ClN3O5/c1-10(20-18(25)12-4-2-3-5-13(12)19)16(23)21-22-17(24)11-6-7-14-15(8-11)27-9-26-14/h2-8,10H,9H2,1H3,(H,20,25)(H,21,23)(H,22,24). The number of hydrazine groups is 1. The average molecular weight is 390 g/mol. The third kappa shape index (κ3) is 4.29. The number of hydrogen-bond donors (Lipinski definition) is 3. The number of carbonyl (C=O) groups is 3. The Hall–Kier alpha value is -3.26. The Labute approximate surface area is 159 Å². The predicted molar refractivity (Wildman–Crippen MR) is 96.6 cm³/mol. The molecule has 0 aliphatic carbocycles. The summed E-state index contributed by atoms with van der Waals surface area (Å²) in [6.45, 7) is 1.58. The van der Waals surface area contributed by atoms with Gasteiger partial charge in [-0.3, -0.25) is 25.2 Å². The Balaban J connectivity index is 1.53. The molecule has 3 N–H and O–H groups in total. The van der Waals surface area contributed by atoms with E-state index >= 15 is 0 Å². The van der Waals surface area contributed by atoms with Gasteiger partial charge in [0.05, 0.1) is 10.6 Å². The van der Waals surface area contributed by atoms with E-state index in [0.29, 0.717) is 11.5 Å². The van der Waals surface area contributed by atoms with Crippen LogP contribution in [0.25, 0.3) is 0 Å². The normalized spacial score (nSPS) is 12.8. The first-order chi connectivity index (χ1) is 13.0. The van der Waals surface area contributed by atoms with Crippen LogP contribution in [0.5, 0.6) is 11.5 Å². The molecule has 1 aliphatic rings. The van der Waals surface area contributed by atoms with Gasteiger partial charge >= 0.3 is 0 Å². The summed E-state index contributed by atoms with van der Waals surface area (Å²) in [5.74, 6) is -0.623. The Morgan fingerprint density at radius 3 is 2.52 bits per heavy atom. The maximum Gasteiger partial charge on any atom is 0.269 e. The number of nitrogens with one attached hydrogen (secondary N) is 3. The van der Waals surface area contributed by atoms with Gasteiger partial charge in [-0.2, -0.15) is 0 Å². The minimum Gasteiger partial charge on any atom is -0.454 e. The van der Waals surface area contributed by atoms with Crippen LogP contribution in [-0.4, -0.2) is 30.6 Å². The van der Waals surface area contributed by atoms with Gasteiger partial charge in [0.25, 0.3) is 17.7 Å². The Bertz CT molecular complexity index is 902. The number of ether oxygens (including phenoxy) is 2. The fraction of sp³-hybridized carbons (Fsp3) is 0.167. The summed E-state index contributed by atoms with van der Waals surface area (Å²) < 4.78 is 10.4. The highest BCUT2D eigenvalue weighted by atomic mass is 35.5. The molecule has 1 atom stereocenters. The average Bonchev–Trinajstić information content (AvgIpc) is 3.13. The van der Waals surface area contributed by atoms with Crippen LogP contribution in [0.15, 0.2) is 42.5 Å². The number of amides is 3. The van der Waals surface area contributed by atoms with Crippen LogP contribution >= 0.6 is 11.6 Å². The predicted octanol–water partition coefficient (Wildman–Crippen LogP) is 1.65. The molecule has 1 unspecified atom stereocenters. The van der Waals surface area contributed by atoms with E-state index in [1.165, 1.54) is 19.1 Å². The van der Waals surface area contributed by atoms with Gasteiger partial charge in [-0.15, -0.1) is 0 Å². The minimum absolute atomic E-state index is 0.0970. The van der Waals surface area contributed by atoms with Crippen LogP contribution in [0.3, 0.4) is 0 Å². The van der Waals surface area contributed by atoms with Gasteiger partial charge in [-0.25, -0.2) is 0 Å². The van der Waals surface area contributed by atoms with Crippen molar-refractivity contribution in [2.24, 2.45) is 0 Å². The molecule has 140 valence electrons. The van der Waals surface area contributed by atoms with E-state index in [4.69, 9.17) is 21.1 Å². The van der Waals surface area contributed by atoms with Crippen LogP contribution in [0.1, 0.15) is 27.6 Å². The van der Waals surface area contributed by atoms with Crippen molar-refractivity contribution in [1.29, 1.82) is 0 Å². The number of halogens is 1. The molecule has 9 heteroatoms. The monoisotopic (exact) mass is 389 g/mol. The lowest BCUT2D eigenvalue weighted by atomic mass is 10.2. The zero-order chi connectivity index (χ0) is 19.4. The molecule has 3 rings (SSSR count). The van der Waals surface area contributed by atoms with Crippen molar-refractivity contribution in [3.63, 3.8) is 0 Å². The molecule has 0 radical (unpaired) electrons. The third-order valence-electron chi connectivity index (χ3n) is 3.79. The van der Waals surface area contributed by atoms with Gasteiger partial charge in [0.1, 0.15) is 6.04 Å². The van der Waals surface area contributed by atoms with E-state index in [1.54, 1.807) is 30.3 Å². The summed E-state index contributed by atoms with van der Waals surface area (Å²) in [4.78, 5) is 36.4. The minimum atomic E-state index is -0.897. The van der Waals surface area contributed by atoms with E-state index in [9.17, 15) is 14.4 Å². The molecular formula is C18H16ClN3O5. The van der Waals surface area contributed by atoms with Crippen molar-refractivity contribution in [3.05, 3.63) is 58.6 Å². The highest BCUT2D eigenvalue weighted by Gasteiger charge is 2.20. The molecule has 0 spiro atoms. The van der Waals surface area contributed by atoms with Crippen molar-refractivity contribution in [3.8, 4) is 11.5 Å². The van der Waals surface area contributed by atoms with Crippen LogP contribution in [0.4, 0.5) is 0 Å². The molecule has 0 saturated carbocycles. The van der Waals surface area contributed by atoms with Gasteiger partial charge in [0.2, 0.25) is 6.79 Å². The Kier molecular flexibility index (Phi) is 5.46. The number of hydrogen-bond acceptors (Lipinski definition) is 5. The van der Waals surface area contributed by atoms with E-state index in [2.05, 4.69) is 16.2 Å². The molecular weight excluding hydrogens is 374 g/mol. The maximum atomic E-state index is 12.2. The SMILES string of the molecule is CC(NC(=O)c1ccccc1Cl)C(=O)NNC(=O)c1ccc2c(c1)OCO2. The van der Waals surface area contributed by atoms with Crippen LogP contribution < -0.4 is 25.6 Å². The van der Waals surface area contributed by atoms with E-state index < -0.39 is 23.8 Å². The molecule has 2 aromatic rings. The van der Waals surface area contributed by atoms with Gasteiger partial charge in [-0.1, -0.05) is 23.7 Å². The molecule has 3 amide bonds. The van der Waals surface area contributed by atoms with E-state index in [-0.39, 0.29) is 22.9 Å². The highest BCUT2D eigenvalue weighted by Crippen LogP contribution is 2.32.